The van der Waals surface area contributed by atoms with Gasteiger partial charge in [0.15, 0.2) is 0 Å². The van der Waals surface area contributed by atoms with Crippen LogP contribution in [0.25, 0.3) is 0 Å². The van der Waals surface area contributed by atoms with Crippen LogP contribution in [0.3, 0.4) is 0 Å². The van der Waals surface area contributed by atoms with Gasteiger partial charge in [0.25, 0.3) is 10.1 Å². The first-order valence-corrected chi connectivity index (χ1v) is 10.8. The van der Waals surface area contributed by atoms with Crippen molar-refractivity contribution in [3.05, 3.63) is 29.8 Å². The Bertz CT molecular complexity index is 529. The van der Waals surface area contributed by atoms with E-state index in [1.54, 1.807) is 0 Å². The predicted octanol–water partition coefficient (Wildman–Crippen LogP) is 4.38. The minimum atomic E-state index is -3.85. The normalized spacial score (nSPS) is 11.1. The fourth-order valence-corrected chi connectivity index (χ4v) is 3.18. The van der Waals surface area contributed by atoms with Gasteiger partial charge in [-0.25, -0.2) is 0 Å². The van der Waals surface area contributed by atoms with Gasteiger partial charge in [0.05, 0.1) is 12.4 Å². The van der Waals surface area contributed by atoms with Crippen LogP contribution < -0.4 is 4.74 Å². The molecule has 0 radical (unpaired) electrons. The molecule has 0 heterocycles. The molecule has 0 aliphatic carbocycles. The van der Waals surface area contributed by atoms with E-state index in [1.165, 1.54) is 50.5 Å². The minimum absolute atomic E-state index is 0. The van der Waals surface area contributed by atoms with Crippen LogP contribution in [0.2, 0.25) is 0 Å². The van der Waals surface area contributed by atoms with E-state index >= 15 is 0 Å². The van der Waals surface area contributed by atoms with Crippen molar-refractivity contribution < 1.29 is 17.7 Å². The molecule has 1 rings (SSSR count). The fraction of sp³-hybridized carbons (Fsp3) is 0.684. The van der Waals surface area contributed by atoms with Crippen LogP contribution in [0.1, 0.15) is 70.3 Å². The molecule has 0 unspecified atom stereocenters. The average Bonchev–Trinajstić information content (AvgIpc) is 2.54. The van der Waals surface area contributed by atoms with Gasteiger partial charge in [-0.05, 0) is 43.4 Å². The molecule has 4 nitrogen and oxygen atoms in total. The summed E-state index contributed by atoms with van der Waals surface area (Å²) in [5.74, 6) is 0.610. The second kappa shape index (κ2) is 15.0. The summed E-state index contributed by atoms with van der Waals surface area (Å²) in [7, 11) is -3.85. The van der Waals surface area contributed by atoms with Crippen molar-refractivity contribution in [2.45, 2.75) is 71.1 Å². The Balaban J connectivity index is 0.00000576. The van der Waals surface area contributed by atoms with E-state index in [0.717, 1.165) is 12.2 Å². The van der Waals surface area contributed by atoms with Gasteiger partial charge in [-0.1, -0.05) is 57.6 Å². The molecule has 1 aromatic carbocycles. The molecule has 0 spiro atoms. The third-order valence-electron chi connectivity index (χ3n) is 4.06. The van der Waals surface area contributed by atoms with Crippen molar-refractivity contribution >= 4 is 39.7 Å². The fourth-order valence-electron chi connectivity index (χ4n) is 2.62. The zero-order chi connectivity index (χ0) is 17.7. The molecule has 0 aromatic heterocycles. The maximum absolute atomic E-state index is 10.6. The van der Waals surface area contributed by atoms with Gasteiger partial charge in [0.2, 0.25) is 0 Å². The molecule has 140 valence electrons. The molecule has 0 atom stereocenters. The molecule has 6 heteroatoms. The van der Waals surface area contributed by atoms with E-state index in [0.29, 0.717) is 19.4 Å². The van der Waals surface area contributed by atoms with Gasteiger partial charge in [-0.3, -0.25) is 4.55 Å². The van der Waals surface area contributed by atoms with Gasteiger partial charge in [-0.15, -0.1) is 0 Å². The van der Waals surface area contributed by atoms with E-state index in [1.807, 2.05) is 12.1 Å². The summed E-state index contributed by atoms with van der Waals surface area (Å²) in [4.78, 5) is 0. The Morgan fingerprint density at radius 3 is 2.08 bits per heavy atom. The Kier molecular flexibility index (Phi) is 15.0. The van der Waals surface area contributed by atoms with E-state index < -0.39 is 10.1 Å². The van der Waals surface area contributed by atoms with Crippen LogP contribution in [0.4, 0.5) is 0 Å². The van der Waals surface area contributed by atoms with Gasteiger partial charge in [-0.2, -0.15) is 8.42 Å². The second-order valence-corrected chi connectivity index (χ2v) is 7.93. The van der Waals surface area contributed by atoms with E-state index in [4.69, 9.17) is 9.29 Å². The molecule has 1 aromatic rings. The van der Waals surface area contributed by atoms with Crippen LogP contribution >= 0.6 is 0 Å². The number of unbranched alkanes of at least 4 members (excludes halogenated alkanes) is 7. The molecule has 25 heavy (non-hydrogen) atoms. The average molecular weight is 381 g/mol. The molecule has 0 amide bonds. The SMILES string of the molecule is CCCCCCCCCc1ccc(OCCCCS(=O)(=O)O)cc1.[NaH]. The standard InChI is InChI=1S/C19H32O4S.Na.H/c1-2-3-4-5-6-7-8-11-18-12-14-19(15-13-18)23-16-9-10-17-24(20,21)22;;/h12-15H,2-11,16-17H2,1H3,(H,20,21,22);;. The first kappa shape index (κ1) is 24.9. The van der Waals surface area contributed by atoms with Crippen molar-refractivity contribution in [2.24, 2.45) is 0 Å². The zero-order valence-electron chi connectivity index (χ0n) is 14.9. The molecule has 0 aliphatic heterocycles. The van der Waals surface area contributed by atoms with Crippen molar-refractivity contribution in [1.82, 2.24) is 0 Å². The number of ether oxygens (including phenoxy) is 1. The molecule has 0 fully saturated rings. The number of benzene rings is 1. The van der Waals surface area contributed by atoms with Gasteiger partial charge >= 0.3 is 29.6 Å². The monoisotopic (exact) mass is 380 g/mol. The third-order valence-corrected chi connectivity index (χ3v) is 4.86. The maximum atomic E-state index is 10.6. The number of hydrogen-bond donors (Lipinski definition) is 1. The van der Waals surface area contributed by atoms with Crippen molar-refractivity contribution in [3.63, 3.8) is 0 Å². The van der Waals surface area contributed by atoms with Crippen LogP contribution in [-0.4, -0.2) is 54.9 Å². The quantitative estimate of drug-likeness (QED) is 0.296. The summed E-state index contributed by atoms with van der Waals surface area (Å²) in [6.07, 6.45) is 11.4. The Morgan fingerprint density at radius 2 is 1.48 bits per heavy atom. The van der Waals surface area contributed by atoms with Crippen molar-refractivity contribution in [1.29, 1.82) is 0 Å². The molecular formula is C19H33NaO4S. The summed E-state index contributed by atoms with van der Waals surface area (Å²) in [5, 5.41) is 0. The third kappa shape index (κ3) is 14.8. The second-order valence-electron chi connectivity index (χ2n) is 6.36. The van der Waals surface area contributed by atoms with E-state index in [2.05, 4.69) is 19.1 Å². The first-order valence-electron chi connectivity index (χ1n) is 9.18. The summed E-state index contributed by atoms with van der Waals surface area (Å²) < 4.78 is 35.4. The van der Waals surface area contributed by atoms with Gasteiger partial charge in [0, 0.05) is 0 Å². The number of hydrogen-bond acceptors (Lipinski definition) is 3. The number of rotatable bonds is 14. The summed E-state index contributed by atoms with van der Waals surface area (Å²) in [5.41, 5.74) is 1.34. The van der Waals surface area contributed by atoms with Gasteiger partial charge < -0.3 is 4.74 Å². The first-order chi connectivity index (χ1) is 11.5. The van der Waals surface area contributed by atoms with Crippen LogP contribution in [0, 0.1) is 0 Å². The zero-order valence-corrected chi connectivity index (χ0v) is 15.7. The van der Waals surface area contributed by atoms with Gasteiger partial charge in [0.1, 0.15) is 5.75 Å². The van der Waals surface area contributed by atoms with Crippen LogP contribution in [-0.2, 0) is 16.5 Å². The molecule has 0 bridgehead atoms. The molecule has 0 aliphatic rings. The Labute approximate surface area is 175 Å². The summed E-state index contributed by atoms with van der Waals surface area (Å²) >= 11 is 0. The van der Waals surface area contributed by atoms with Crippen molar-refractivity contribution in [2.75, 3.05) is 12.4 Å². The Morgan fingerprint density at radius 1 is 0.880 bits per heavy atom. The Hall–Kier alpha value is -0.0700. The number of aryl methyl sites for hydroxylation is 1. The molecular weight excluding hydrogens is 347 g/mol. The topological polar surface area (TPSA) is 63.6 Å². The van der Waals surface area contributed by atoms with Crippen LogP contribution in [0.5, 0.6) is 5.75 Å². The van der Waals surface area contributed by atoms with E-state index in [-0.39, 0.29) is 35.3 Å². The summed E-state index contributed by atoms with van der Waals surface area (Å²) in [6, 6.07) is 8.15. The molecule has 0 saturated heterocycles. The predicted molar refractivity (Wildman–Crippen MR) is 106 cm³/mol. The molecule has 1 N–H and O–H groups in total. The van der Waals surface area contributed by atoms with Crippen LogP contribution in [0.15, 0.2) is 24.3 Å². The summed E-state index contributed by atoms with van der Waals surface area (Å²) in [6.45, 7) is 2.71. The molecule has 0 saturated carbocycles. The van der Waals surface area contributed by atoms with E-state index in [9.17, 15) is 8.42 Å². The van der Waals surface area contributed by atoms with Crippen molar-refractivity contribution in [3.8, 4) is 5.75 Å².